The number of rotatable bonds is 8. The van der Waals surface area contributed by atoms with Crippen molar-refractivity contribution in [2.75, 3.05) is 6.61 Å². The molecule has 0 radical (unpaired) electrons. The summed E-state index contributed by atoms with van der Waals surface area (Å²) in [5, 5.41) is 0.819. The van der Waals surface area contributed by atoms with Gasteiger partial charge in [0.1, 0.15) is 28.5 Å². The molecule has 0 heterocycles. The van der Waals surface area contributed by atoms with Crippen molar-refractivity contribution in [3.05, 3.63) is 95.7 Å². The first kappa shape index (κ1) is 21.8. The lowest BCUT2D eigenvalue weighted by molar-refractivity contribution is 0.340. The number of halogens is 2. The summed E-state index contributed by atoms with van der Waals surface area (Å²) in [5.74, 6) is 1.29. The average molecular weight is 425 g/mol. The molecule has 3 aromatic rings. The van der Waals surface area contributed by atoms with E-state index >= 15 is 4.39 Å². The normalized spacial score (nSPS) is 12.3. The topological polar surface area (TPSA) is 18.5 Å². The summed E-state index contributed by atoms with van der Waals surface area (Å²) in [6.07, 6.45) is -0.106. The third-order valence-corrected chi connectivity index (χ3v) is 8.06. The van der Waals surface area contributed by atoms with E-state index < -0.39 is 19.4 Å². The highest BCUT2D eigenvalue weighted by molar-refractivity contribution is 6.95. The Morgan fingerprint density at radius 1 is 0.800 bits per heavy atom. The fourth-order valence-electron chi connectivity index (χ4n) is 3.20. The Bertz CT molecular complexity index is 999. The van der Waals surface area contributed by atoms with E-state index in [1.165, 1.54) is 0 Å². The minimum absolute atomic E-state index is 0.106. The van der Waals surface area contributed by atoms with Gasteiger partial charge in [-0.1, -0.05) is 60.7 Å². The zero-order valence-corrected chi connectivity index (χ0v) is 18.5. The highest BCUT2D eigenvalue weighted by Crippen LogP contribution is 2.27. The molecule has 0 aliphatic rings. The van der Waals surface area contributed by atoms with E-state index in [0.29, 0.717) is 23.7 Å². The Morgan fingerprint density at radius 3 is 2.13 bits per heavy atom. The van der Waals surface area contributed by atoms with Crippen molar-refractivity contribution in [2.24, 2.45) is 0 Å². The van der Waals surface area contributed by atoms with Crippen LogP contribution in [0.2, 0.25) is 13.1 Å². The number of para-hydroxylation sites is 1. The molecular weight excluding hydrogens is 398 g/mol. The van der Waals surface area contributed by atoms with Gasteiger partial charge in [-0.15, -0.1) is 0 Å². The van der Waals surface area contributed by atoms with Crippen LogP contribution in [-0.2, 0) is 6.42 Å². The lowest BCUT2D eigenvalue weighted by Gasteiger charge is -2.22. The van der Waals surface area contributed by atoms with Gasteiger partial charge in [0.2, 0.25) is 0 Å². The van der Waals surface area contributed by atoms with Crippen molar-refractivity contribution >= 4 is 13.3 Å². The van der Waals surface area contributed by atoms with E-state index in [1.54, 1.807) is 24.3 Å². The summed E-state index contributed by atoms with van der Waals surface area (Å²) in [5.41, 5.74) is 0.0219. The second-order valence-electron chi connectivity index (χ2n) is 7.54. The summed E-state index contributed by atoms with van der Waals surface area (Å²) in [4.78, 5) is 0. The first-order valence-electron chi connectivity index (χ1n) is 10.00. The van der Waals surface area contributed by atoms with Crippen LogP contribution in [0.1, 0.15) is 12.5 Å². The van der Waals surface area contributed by atoms with Crippen molar-refractivity contribution in [3.63, 3.8) is 0 Å². The molecular formula is C25H26F2O2Si. The molecule has 0 bridgehead atoms. The molecule has 0 saturated heterocycles. The number of hydrogen-bond acceptors (Lipinski definition) is 2. The van der Waals surface area contributed by atoms with Crippen LogP contribution in [0.15, 0.2) is 90.1 Å². The van der Waals surface area contributed by atoms with E-state index in [1.807, 2.05) is 74.6 Å². The zero-order valence-electron chi connectivity index (χ0n) is 17.5. The SMILES string of the molecule is CCOc1ccc([Si](C)(C)C(F)=C(F)Cc2cccc(Oc3ccccc3)c2)cc1. The number of hydrogen-bond donors (Lipinski definition) is 0. The number of benzene rings is 3. The third-order valence-electron chi connectivity index (χ3n) is 4.91. The van der Waals surface area contributed by atoms with Crippen LogP contribution in [0.3, 0.4) is 0 Å². The Balaban J connectivity index is 1.77. The van der Waals surface area contributed by atoms with Gasteiger partial charge < -0.3 is 9.47 Å². The molecule has 156 valence electrons. The van der Waals surface area contributed by atoms with Gasteiger partial charge in [-0.3, -0.25) is 0 Å². The van der Waals surface area contributed by atoms with Crippen LogP contribution < -0.4 is 14.7 Å². The fraction of sp³-hybridized carbons (Fsp3) is 0.200. The fourth-order valence-corrected chi connectivity index (χ4v) is 5.22. The van der Waals surface area contributed by atoms with E-state index in [9.17, 15) is 4.39 Å². The minimum atomic E-state index is -2.77. The molecule has 2 nitrogen and oxygen atoms in total. The smallest absolute Gasteiger partial charge is 0.151 e. The standard InChI is InChI=1S/C25H26F2O2Si/c1-4-28-20-13-15-23(16-14-20)30(2,3)25(27)24(26)18-19-9-8-12-22(17-19)29-21-10-6-5-7-11-21/h5-17H,4,18H2,1-3H3. The molecule has 0 aliphatic carbocycles. The lowest BCUT2D eigenvalue weighted by Crippen LogP contribution is -2.43. The molecule has 0 amide bonds. The quantitative estimate of drug-likeness (QED) is 0.374. The van der Waals surface area contributed by atoms with E-state index in [2.05, 4.69) is 0 Å². The molecule has 0 fully saturated rings. The molecule has 0 spiro atoms. The summed E-state index contributed by atoms with van der Waals surface area (Å²) in [7, 11) is -2.77. The van der Waals surface area contributed by atoms with E-state index in [4.69, 9.17) is 9.47 Å². The maximum absolute atomic E-state index is 15.1. The zero-order chi connectivity index (χ0) is 21.6. The average Bonchev–Trinajstić information content (AvgIpc) is 2.75. The van der Waals surface area contributed by atoms with Crippen molar-refractivity contribution in [1.29, 1.82) is 0 Å². The lowest BCUT2D eigenvalue weighted by atomic mass is 10.1. The van der Waals surface area contributed by atoms with Gasteiger partial charge in [0.15, 0.2) is 8.07 Å². The maximum Gasteiger partial charge on any atom is 0.151 e. The van der Waals surface area contributed by atoms with Crippen LogP contribution in [0.5, 0.6) is 17.2 Å². The first-order valence-corrected chi connectivity index (χ1v) is 13.0. The van der Waals surface area contributed by atoms with Crippen LogP contribution in [0.25, 0.3) is 0 Å². The van der Waals surface area contributed by atoms with Gasteiger partial charge in [0.25, 0.3) is 0 Å². The van der Waals surface area contributed by atoms with Crippen LogP contribution in [-0.4, -0.2) is 14.7 Å². The predicted octanol–water partition coefficient (Wildman–Crippen LogP) is 6.73. The molecule has 3 rings (SSSR count). The van der Waals surface area contributed by atoms with E-state index in [-0.39, 0.29) is 6.42 Å². The molecule has 0 aliphatic heterocycles. The van der Waals surface area contributed by atoms with Gasteiger partial charge in [-0.25, -0.2) is 8.78 Å². The first-order chi connectivity index (χ1) is 14.4. The molecule has 5 heteroatoms. The molecule has 3 aromatic carbocycles. The molecule has 0 N–H and O–H groups in total. The van der Waals surface area contributed by atoms with Crippen LogP contribution in [0.4, 0.5) is 8.78 Å². The van der Waals surface area contributed by atoms with Crippen molar-refractivity contribution in [1.82, 2.24) is 0 Å². The van der Waals surface area contributed by atoms with Crippen LogP contribution >= 0.6 is 0 Å². The van der Waals surface area contributed by atoms with Gasteiger partial charge in [0, 0.05) is 6.42 Å². The molecule has 0 unspecified atom stereocenters. The Morgan fingerprint density at radius 2 is 1.47 bits per heavy atom. The van der Waals surface area contributed by atoms with Crippen LogP contribution in [0, 0.1) is 0 Å². The van der Waals surface area contributed by atoms with Gasteiger partial charge in [0.05, 0.1) is 6.61 Å². The summed E-state index contributed by atoms with van der Waals surface area (Å²) in [6, 6.07) is 23.7. The second kappa shape index (κ2) is 9.72. The second-order valence-corrected chi connectivity index (χ2v) is 11.8. The minimum Gasteiger partial charge on any atom is -0.494 e. The van der Waals surface area contributed by atoms with Crippen molar-refractivity contribution < 1.29 is 18.3 Å². The maximum atomic E-state index is 15.1. The van der Waals surface area contributed by atoms with Gasteiger partial charge in [-0.05, 0) is 48.9 Å². The monoisotopic (exact) mass is 424 g/mol. The van der Waals surface area contributed by atoms with Gasteiger partial charge in [-0.2, -0.15) is 0 Å². The largest absolute Gasteiger partial charge is 0.494 e. The summed E-state index contributed by atoms with van der Waals surface area (Å²) < 4.78 is 41.3. The molecule has 0 saturated carbocycles. The highest BCUT2D eigenvalue weighted by atomic mass is 28.3. The Labute approximate surface area is 177 Å². The Kier molecular flexibility index (Phi) is 7.06. The predicted molar refractivity (Wildman–Crippen MR) is 121 cm³/mol. The number of allylic oxidation sites excluding steroid dienone is 1. The highest BCUT2D eigenvalue weighted by Gasteiger charge is 2.32. The number of ether oxygens (including phenoxy) is 2. The molecule has 0 aromatic heterocycles. The molecule has 0 atom stereocenters. The Hall–Kier alpha value is -2.92. The molecule has 30 heavy (non-hydrogen) atoms. The summed E-state index contributed by atoms with van der Waals surface area (Å²) in [6.45, 7) is 6.10. The van der Waals surface area contributed by atoms with Gasteiger partial charge >= 0.3 is 0 Å². The van der Waals surface area contributed by atoms with Crippen molar-refractivity contribution in [3.8, 4) is 17.2 Å². The summed E-state index contributed by atoms with van der Waals surface area (Å²) >= 11 is 0. The van der Waals surface area contributed by atoms with Crippen molar-refractivity contribution in [2.45, 2.75) is 26.4 Å². The third kappa shape index (κ3) is 5.36. The van der Waals surface area contributed by atoms with E-state index in [0.717, 1.165) is 10.9 Å².